The van der Waals surface area contributed by atoms with Crippen molar-refractivity contribution in [3.8, 4) is 5.69 Å². The molecule has 0 saturated carbocycles. The van der Waals surface area contributed by atoms with Crippen LogP contribution in [0.1, 0.15) is 29.8 Å². The molecule has 0 atom stereocenters. The Bertz CT molecular complexity index is 743. The highest BCUT2D eigenvalue weighted by Crippen LogP contribution is 2.26. The van der Waals surface area contributed by atoms with Gasteiger partial charge in [-0.05, 0) is 62.4 Å². The molecule has 0 N–H and O–H groups in total. The van der Waals surface area contributed by atoms with Gasteiger partial charge in [-0.15, -0.1) is 0 Å². The minimum Gasteiger partial charge on any atom is -0.237 e. The lowest BCUT2D eigenvalue weighted by Crippen LogP contribution is -2.08. The Balaban J connectivity index is 2.06. The minimum absolute atomic E-state index is 0.346. The van der Waals surface area contributed by atoms with Gasteiger partial charge in [0.2, 0.25) is 0 Å². The molecular formula is C15H18N2O2S. The van der Waals surface area contributed by atoms with Crippen LogP contribution in [0.4, 0.5) is 0 Å². The third kappa shape index (κ3) is 2.26. The van der Waals surface area contributed by atoms with E-state index in [1.807, 2.05) is 23.7 Å². The molecule has 0 fully saturated rings. The molecule has 0 bridgehead atoms. The van der Waals surface area contributed by atoms with Gasteiger partial charge in [0.15, 0.2) is 9.84 Å². The maximum absolute atomic E-state index is 11.5. The molecule has 1 aliphatic rings. The van der Waals surface area contributed by atoms with Crippen LogP contribution in [0, 0.1) is 6.92 Å². The summed E-state index contributed by atoms with van der Waals surface area (Å²) in [6, 6.07) is 6.96. The maximum atomic E-state index is 11.5. The Morgan fingerprint density at radius 2 is 1.75 bits per heavy atom. The number of benzene rings is 1. The van der Waals surface area contributed by atoms with Gasteiger partial charge in [0.25, 0.3) is 0 Å². The molecule has 20 heavy (non-hydrogen) atoms. The largest absolute Gasteiger partial charge is 0.237 e. The van der Waals surface area contributed by atoms with E-state index < -0.39 is 9.84 Å². The van der Waals surface area contributed by atoms with Gasteiger partial charge >= 0.3 is 0 Å². The zero-order valence-corrected chi connectivity index (χ0v) is 12.6. The van der Waals surface area contributed by atoms with Crippen molar-refractivity contribution < 1.29 is 8.42 Å². The molecule has 106 valence electrons. The van der Waals surface area contributed by atoms with E-state index in [0.29, 0.717) is 4.90 Å². The van der Waals surface area contributed by atoms with Crippen LogP contribution < -0.4 is 0 Å². The van der Waals surface area contributed by atoms with Crippen molar-refractivity contribution in [2.45, 2.75) is 37.5 Å². The lowest BCUT2D eigenvalue weighted by molar-refractivity contribution is 0.602. The number of hydrogen-bond acceptors (Lipinski definition) is 3. The zero-order valence-electron chi connectivity index (χ0n) is 11.8. The van der Waals surface area contributed by atoms with Crippen molar-refractivity contribution in [3.05, 3.63) is 41.2 Å². The fraction of sp³-hybridized carbons (Fsp3) is 0.400. The standard InChI is InChI=1S/C15H18N2O2S/c1-11-14-5-3-4-6-15(14)17(16-11)12-7-9-13(10-8-12)20(2,18)19/h7-10H,3-6H2,1-2H3. The average molecular weight is 290 g/mol. The van der Waals surface area contributed by atoms with E-state index in [1.165, 1.54) is 30.4 Å². The van der Waals surface area contributed by atoms with Gasteiger partial charge in [0, 0.05) is 11.9 Å². The third-order valence-corrected chi connectivity index (χ3v) is 5.02. The Morgan fingerprint density at radius 1 is 1.10 bits per heavy atom. The van der Waals surface area contributed by atoms with Crippen LogP contribution in [0.25, 0.3) is 5.69 Å². The summed E-state index contributed by atoms with van der Waals surface area (Å²) >= 11 is 0. The molecule has 0 saturated heterocycles. The van der Waals surface area contributed by atoms with Gasteiger partial charge in [-0.2, -0.15) is 5.10 Å². The van der Waals surface area contributed by atoms with Gasteiger partial charge in [0.1, 0.15) is 0 Å². The van der Waals surface area contributed by atoms with Gasteiger partial charge in [-0.1, -0.05) is 0 Å². The SMILES string of the molecule is Cc1nn(-c2ccc(S(C)(=O)=O)cc2)c2c1CCCC2. The van der Waals surface area contributed by atoms with Gasteiger partial charge in [0.05, 0.1) is 16.3 Å². The minimum atomic E-state index is -3.14. The zero-order chi connectivity index (χ0) is 14.3. The molecule has 5 heteroatoms. The van der Waals surface area contributed by atoms with Crippen molar-refractivity contribution >= 4 is 9.84 Å². The molecule has 1 aliphatic carbocycles. The smallest absolute Gasteiger partial charge is 0.175 e. The Morgan fingerprint density at radius 3 is 2.40 bits per heavy atom. The van der Waals surface area contributed by atoms with E-state index in [0.717, 1.165) is 24.2 Å². The third-order valence-electron chi connectivity index (χ3n) is 3.89. The number of fused-ring (bicyclic) bond motifs is 1. The second-order valence-electron chi connectivity index (χ2n) is 5.40. The molecule has 0 unspecified atom stereocenters. The molecule has 0 aliphatic heterocycles. The summed E-state index contributed by atoms with van der Waals surface area (Å²) in [5.41, 5.74) is 4.67. The lowest BCUT2D eigenvalue weighted by atomic mass is 9.96. The first-order valence-corrected chi connectivity index (χ1v) is 8.74. The summed E-state index contributed by atoms with van der Waals surface area (Å²) < 4.78 is 25.0. The summed E-state index contributed by atoms with van der Waals surface area (Å²) in [6.07, 6.45) is 5.79. The van der Waals surface area contributed by atoms with Crippen LogP contribution in [0.2, 0.25) is 0 Å². The molecule has 0 radical (unpaired) electrons. The second-order valence-corrected chi connectivity index (χ2v) is 7.41. The first kappa shape index (κ1) is 13.4. The first-order chi connectivity index (χ1) is 9.47. The summed E-state index contributed by atoms with van der Waals surface area (Å²) in [5, 5.41) is 4.62. The monoisotopic (exact) mass is 290 g/mol. The number of aromatic nitrogens is 2. The summed E-state index contributed by atoms with van der Waals surface area (Å²) in [6.45, 7) is 2.05. The second kappa shape index (κ2) is 4.74. The van der Waals surface area contributed by atoms with Crippen molar-refractivity contribution in [1.82, 2.24) is 9.78 Å². The topological polar surface area (TPSA) is 52.0 Å². The predicted molar refractivity (Wildman–Crippen MR) is 78.1 cm³/mol. The predicted octanol–water partition coefficient (Wildman–Crippen LogP) is 2.46. The van der Waals surface area contributed by atoms with E-state index in [1.54, 1.807) is 12.1 Å². The van der Waals surface area contributed by atoms with E-state index in [4.69, 9.17) is 0 Å². The van der Waals surface area contributed by atoms with Crippen LogP contribution >= 0.6 is 0 Å². The highest BCUT2D eigenvalue weighted by atomic mass is 32.2. The molecule has 1 aromatic carbocycles. The Kier molecular flexibility index (Phi) is 3.17. The van der Waals surface area contributed by atoms with Crippen LogP contribution in [0.15, 0.2) is 29.2 Å². The van der Waals surface area contributed by atoms with Crippen molar-refractivity contribution in [1.29, 1.82) is 0 Å². The van der Waals surface area contributed by atoms with Crippen LogP contribution in [0.3, 0.4) is 0 Å². The summed E-state index contributed by atoms with van der Waals surface area (Å²) in [5.74, 6) is 0. The summed E-state index contributed by atoms with van der Waals surface area (Å²) in [4.78, 5) is 0.346. The van der Waals surface area contributed by atoms with Gasteiger partial charge in [-0.25, -0.2) is 13.1 Å². The van der Waals surface area contributed by atoms with E-state index in [9.17, 15) is 8.42 Å². The summed E-state index contributed by atoms with van der Waals surface area (Å²) in [7, 11) is -3.14. The number of hydrogen-bond donors (Lipinski definition) is 0. The van der Waals surface area contributed by atoms with Crippen LogP contribution in [0.5, 0.6) is 0 Å². The van der Waals surface area contributed by atoms with E-state index >= 15 is 0 Å². The highest BCUT2D eigenvalue weighted by molar-refractivity contribution is 7.90. The van der Waals surface area contributed by atoms with Gasteiger partial charge in [-0.3, -0.25) is 0 Å². The Labute approximate surface area is 119 Å². The molecule has 1 aromatic heterocycles. The highest BCUT2D eigenvalue weighted by Gasteiger charge is 2.19. The number of aryl methyl sites for hydroxylation is 1. The number of rotatable bonds is 2. The maximum Gasteiger partial charge on any atom is 0.175 e. The van der Waals surface area contributed by atoms with Crippen molar-refractivity contribution in [2.24, 2.45) is 0 Å². The van der Waals surface area contributed by atoms with Gasteiger partial charge < -0.3 is 0 Å². The molecule has 0 amide bonds. The van der Waals surface area contributed by atoms with E-state index in [2.05, 4.69) is 5.10 Å². The molecular weight excluding hydrogens is 272 g/mol. The quantitative estimate of drug-likeness (QED) is 0.853. The van der Waals surface area contributed by atoms with Crippen LogP contribution in [-0.2, 0) is 22.7 Å². The fourth-order valence-electron chi connectivity index (χ4n) is 2.83. The molecule has 1 heterocycles. The van der Waals surface area contributed by atoms with Crippen molar-refractivity contribution in [2.75, 3.05) is 6.26 Å². The molecule has 0 spiro atoms. The van der Waals surface area contributed by atoms with Crippen molar-refractivity contribution in [3.63, 3.8) is 0 Å². The molecule has 4 nitrogen and oxygen atoms in total. The first-order valence-electron chi connectivity index (χ1n) is 6.85. The van der Waals surface area contributed by atoms with E-state index in [-0.39, 0.29) is 0 Å². The number of nitrogens with zero attached hydrogens (tertiary/aromatic N) is 2. The fourth-order valence-corrected chi connectivity index (χ4v) is 3.46. The normalized spacial score (nSPS) is 15.1. The average Bonchev–Trinajstić information content (AvgIpc) is 2.76. The lowest BCUT2D eigenvalue weighted by Gasteiger charge is -2.14. The molecule has 3 rings (SSSR count). The molecule has 2 aromatic rings. The van der Waals surface area contributed by atoms with Crippen LogP contribution in [-0.4, -0.2) is 24.5 Å². The number of sulfone groups is 1. The Hall–Kier alpha value is -1.62.